The van der Waals surface area contributed by atoms with Crippen LogP contribution in [0.5, 0.6) is 0 Å². The van der Waals surface area contributed by atoms with Crippen molar-refractivity contribution in [2.75, 3.05) is 0 Å². The largest absolute Gasteiger partial charge is 0.303 e. The van der Waals surface area contributed by atoms with Crippen molar-refractivity contribution < 1.29 is 4.79 Å². The van der Waals surface area contributed by atoms with Crippen LogP contribution in [0.25, 0.3) is 0 Å². The van der Waals surface area contributed by atoms with E-state index in [1.54, 1.807) is 11.3 Å². The van der Waals surface area contributed by atoms with Gasteiger partial charge in [-0.05, 0) is 47.3 Å². The average molecular weight is 245 g/mol. The predicted molar refractivity (Wildman–Crippen MR) is 53.5 cm³/mol. The molecular weight excluding hydrogens is 236 g/mol. The number of thiophene rings is 1. The van der Waals surface area contributed by atoms with Crippen molar-refractivity contribution in [3.05, 3.63) is 20.8 Å². The first-order valence-electron chi connectivity index (χ1n) is 3.95. The third-order valence-corrected chi connectivity index (χ3v) is 3.92. The van der Waals surface area contributed by atoms with Gasteiger partial charge in [-0.3, -0.25) is 0 Å². The minimum absolute atomic E-state index is 0.0181. The van der Waals surface area contributed by atoms with Gasteiger partial charge in [-0.15, -0.1) is 11.3 Å². The lowest BCUT2D eigenvalue weighted by Gasteiger charge is -2.02. The molecule has 1 aromatic heterocycles. The smallest absolute Gasteiger partial charge is 0.126 e. The lowest BCUT2D eigenvalue weighted by molar-refractivity contribution is -0.112. The Hall–Kier alpha value is -0.150. The minimum atomic E-state index is 0.0181. The Morgan fingerprint density at radius 3 is 2.75 bits per heavy atom. The van der Waals surface area contributed by atoms with Crippen LogP contribution in [-0.2, 0) is 11.2 Å². The normalized spacial score (nSPS) is 19.1. The van der Waals surface area contributed by atoms with Crippen LogP contribution in [0, 0.1) is 5.41 Å². The number of hydrogen-bond acceptors (Lipinski definition) is 2. The maximum atomic E-state index is 10.7. The van der Waals surface area contributed by atoms with Crippen molar-refractivity contribution in [3.8, 4) is 0 Å². The van der Waals surface area contributed by atoms with Gasteiger partial charge in [-0.2, -0.15) is 0 Å². The molecular formula is C9H9BrOS. The molecule has 0 bridgehead atoms. The Labute approximate surface area is 83.9 Å². The summed E-state index contributed by atoms with van der Waals surface area (Å²) in [7, 11) is 0. The lowest BCUT2D eigenvalue weighted by Crippen LogP contribution is -2.04. The van der Waals surface area contributed by atoms with E-state index in [1.165, 1.54) is 4.88 Å². The molecule has 0 saturated heterocycles. The standard InChI is InChI=1S/C9H9BrOS/c10-8-2-1-7(12-8)5-9(6-11)3-4-9/h1-2,6H,3-5H2. The summed E-state index contributed by atoms with van der Waals surface area (Å²) in [4.78, 5) is 12.0. The summed E-state index contributed by atoms with van der Waals surface area (Å²) in [6.07, 6.45) is 4.21. The molecule has 1 heterocycles. The van der Waals surface area contributed by atoms with Crippen molar-refractivity contribution in [1.29, 1.82) is 0 Å². The van der Waals surface area contributed by atoms with E-state index in [-0.39, 0.29) is 5.41 Å². The van der Waals surface area contributed by atoms with Crippen LogP contribution in [0.3, 0.4) is 0 Å². The van der Waals surface area contributed by atoms with Crippen molar-refractivity contribution >= 4 is 33.6 Å². The molecule has 1 aromatic rings. The van der Waals surface area contributed by atoms with Crippen LogP contribution >= 0.6 is 27.3 Å². The first-order valence-corrected chi connectivity index (χ1v) is 5.56. The van der Waals surface area contributed by atoms with Crippen LogP contribution in [0.15, 0.2) is 15.9 Å². The van der Waals surface area contributed by atoms with E-state index >= 15 is 0 Å². The molecule has 3 heteroatoms. The molecule has 0 N–H and O–H groups in total. The fraction of sp³-hybridized carbons (Fsp3) is 0.444. The van der Waals surface area contributed by atoms with Crippen LogP contribution < -0.4 is 0 Å². The fourth-order valence-corrected chi connectivity index (χ4v) is 2.93. The van der Waals surface area contributed by atoms with Gasteiger partial charge in [0.05, 0.1) is 3.79 Å². The topological polar surface area (TPSA) is 17.1 Å². The second-order valence-electron chi connectivity index (χ2n) is 3.36. The van der Waals surface area contributed by atoms with Gasteiger partial charge in [-0.25, -0.2) is 0 Å². The number of hydrogen-bond donors (Lipinski definition) is 0. The Morgan fingerprint density at radius 1 is 1.58 bits per heavy atom. The van der Waals surface area contributed by atoms with E-state index in [2.05, 4.69) is 22.0 Å². The summed E-state index contributed by atoms with van der Waals surface area (Å²) in [6, 6.07) is 4.14. The Kier molecular flexibility index (Phi) is 2.09. The Balaban J connectivity index is 2.08. The molecule has 2 rings (SSSR count). The highest BCUT2D eigenvalue weighted by molar-refractivity contribution is 9.11. The number of aldehydes is 1. The van der Waals surface area contributed by atoms with E-state index in [0.717, 1.165) is 29.3 Å². The van der Waals surface area contributed by atoms with E-state index < -0.39 is 0 Å². The summed E-state index contributed by atoms with van der Waals surface area (Å²) in [5.41, 5.74) is 0.0181. The van der Waals surface area contributed by atoms with E-state index in [0.29, 0.717) is 0 Å². The molecule has 0 aliphatic heterocycles. The molecule has 0 unspecified atom stereocenters. The molecule has 64 valence electrons. The van der Waals surface area contributed by atoms with Gasteiger partial charge < -0.3 is 4.79 Å². The number of carbonyl (C=O) groups excluding carboxylic acids is 1. The summed E-state index contributed by atoms with van der Waals surface area (Å²) in [5, 5.41) is 0. The van der Waals surface area contributed by atoms with Crippen molar-refractivity contribution in [2.45, 2.75) is 19.3 Å². The molecule has 0 atom stereocenters. The molecule has 0 radical (unpaired) electrons. The van der Waals surface area contributed by atoms with E-state index in [9.17, 15) is 4.79 Å². The Bertz CT molecular complexity index is 301. The molecule has 1 aliphatic rings. The van der Waals surface area contributed by atoms with Crippen molar-refractivity contribution in [1.82, 2.24) is 0 Å². The molecule has 1 nitrogen and oxygen atoms in total. The van der Waals surface area contributed by atoms with Gasteiger partial charge in [0.25, 0.3) is 0 Å². The van der Waals surface area contributed by atoms with Gasteiger partial charge in [-0.1, -0.05) is 0 Å². The lowest BCUT2D eigenvalue weighted by atomic mass is 10.0. The summed E-state index contributed by atoms with van der Waals surface area (Å²) in [5.74, 6) is 0. The second-order valence-corrected chi connectivity index (χ2v) is 5.91. The molecule has 0 amide bonds. The number of rotatable bonds is 3. The highest BCUT2D eigenvalue weighted by Gasteiger charge is 2.42. The Morgan fingerprint density at radius 2 is 2.33 bits per heavy atom. The molecule has 0 aromatic carbocycles. The van der Waals surface area contributed by atoms with E-state index in [4.69, 9.17) is 0 Å². The minimum Gasteiger partial charge on any atom is -0.303 e. The van der Waals surface area contributed by atoms with Crippen LogP contribution in [0.4, 0.5) is 0 Å². The zero-order valence-corrected chi connectivity index (χ0v) is 8.95. The molecule has 1 aliphatic carbocycles. The summed E-state index contributed by atoms with van der Waals surface area (Å²) >= 11 is 5.14. The maximum Gasteiger partial charge on any atom is 0.126 e. The quantitative estimate of drug-likeness (QED) is 0.748. The highest BCUT2D eigenvalue weighted by atomic mass is 79.9. The van der Waals surface area contributed by atoms with Gasteiger partial charge in [0.2, 0.25) is 0 Å². The van der Waals surface area contributed by atoms with Crippen LogP contribution in [0.2, 0.25) is 0 Å². The van der Waals surface area contributed by atoms with Gasteiger partial charge in [0, 0.05) is 10.3 Å². The SMILES string of the molecule is O=CC1(Cc2ccc(Br)s2)CC1. The third-order valence-electron chi connectivity index (χ3n) is 2.30. The molecule has 1 saturated carbocycles. The first-order chi connectivity index (χ1) is 5.74. The van der Waals surface area contributed by atoms with E-state index in [1.807, 2.05) is 6.07 Å². The average Bonchev–Trinajstić information content (AvgIpc) is 2.71. The maximum absolute atomic E-state index is 10.7. The zero-order valence-electron chi connectivity index (χ0n) is 6.55. The zero-order chi connectivity index (χ0) is 8.60. The summed E-state index contributed by atoms with van der Waals surface area (Å²) < 4.78 is 1.15. The van der Waals surface area contributed by atoms with Crippen molar-refractivity contribution in [2.24, 2.45) is 5.41 Å². The number of carbonyl (C=O) groups is 1. The molecule has 0 spiro atoms. The first kappa shape index (κ1) is 8.45. The number of halogens is 1. The van der Waals surface area contributed by atoms with Crippen LogP contribution in [-0.4, -0.2) is 6.29 Å². The van der Waals surface area contributed by atoms with Crippen LogP contribution in [0.1, 0.15) is 17.7 Å². The molecule has 1 fully saturated rings. The third kappa shape index (κ3) is 1.62. The van der Waals surface area contributed by atoms with Gasteiger partial charge in [0.1, 0.15) is 6.29 Å². The predicted octanol–water partition coefficient (Wildman–Crippen LogP) is 3.03. The van der Waals surface area contributed by atoms with Crippen molar-refractivity contribution in [3.63, 3.8) is 0 Å². The fourth-order valence-electron chi connectivity index (χ4n) is 1.29. The summed E-state index contributed by atoms with van der Waals surface area (Å²) in [6.45, 7) is 0. The highest BCUT2D eigenvalue weighted by Crippen LogP contribution is 2.47. The van der Waals surface area contributed by atoms with Gasteiger partial charge >= 0.3 is 0 Å². The molecule has 12 heavy (non-hydrogen) atoms. The monoisotopic (exact) mass is 244 g/mol. The van der Waals surface area contributed by atoms with Gasteiger partial charge in [0.15, 0.2) is 0 Å². The second kappa shape index (κ2) is 2.96.